The highest BCUT2D eigenvalue weighted by Crippen LogP contribution is 2.13. The molecule has 0 aliphatic carbocycles. The van der Waals surface area contributed by atoms with Crippen molar-refractivity contribution in [3.63, 3.8) is 0 Å². The second kappa shape index (κ2) is 7.39. The zero-order valence-electron chi connectivity index (χ0n) is 13.5. The summed E-state index contributed by atoms with van der Waals surface area (Å²) in [5.41, 5.74) is -0.000737. The standard InChI is InChI=1S/C18H14N4O4/c23-17(20-16-8-1-2-9-19-16)15-7-4-10-21(18(15)24)12-13-5-3-6-14(11-13)22(25)26/h1-11H,12H2,(H,19,20,23). The maximum atomic E-state index is 12.6. The van der Waals surface area contributed by atoms with Crippen molar-refractivity contribution in [3.05, 3.63) is 98.6 Å². The van der Waals surface area contributed by atoms with Crippen molar-refractivity contribution in [1.82, 2.24) is 9.55 Å². The molecule has 0 bridgehead atoms. The molecule has 1 aromatic carbocycles. The molecular weight excluding hydrogens is 336 g/mol. The van der Waals surface area contributed by atoms with Gasteiger partial charge in [0.1, 0.15) is 11.4 Å². The minimum Gasteiger partial charge on any atom is -0.310 e. The predicted octanol–water partition coefficient (Wildman–Crippen LogP) is 2.45. The van der Waals surface area contributed by atoms with Crippen LogP contribution in [0.15, 0.2) is 71.8 Å². The lowest BCUT2D eigenvalue weighted by molar-refractivity contribution is -0.384. The van der Waals surface area contributed by atoms with Gasteiger partial charge in [0, 0.05) is 24.5 Å². The number of non-ortho nitro benzene ring substituents is 1. The lowest BCUT2D eigenvalue weighted by Crippen LogP contribution is -2.29. The van der Waals surface area contributed by atoms with E-state index in [9.17, 15) is 19.7 Å². The number of carbonyl (C=O) groups excluding carboxylic acids is 1. The third kappa shape index (κ3) is 3.81. The predicted molar refractivity (Wildman–Crippen MR) is 95.1 cm³/mol. The summed E-state index contributed by atoms with van der Waals surface area (Å²) in [6, 6.07) is 14.0. The van der Waals surface area contributed by atoms with Gasteiger partial charge in [-0.15, -0.1) is 0 Å². The Labute approximate surface area is 147 Å². The molecule has 26 heavy (non-hydrogen) atoms. The highest BCUT2D eigenvalue weighted by Gasteiger charge is 2.13. The first-order valence-electron chi connectivity index (χ1n) is 7.70. The molecule has 0 atom stereocenters. The first-order valence-corrected chi connectivity index (χ1v) is 7.70. The summed E-state index contributed by atoms with van der Waals surface area (Å²) in [5, 5.41) is 13.4. The molecular formula is C18H14N4O4. The molecule has 0 saturated carbocycles. The number of amides is 1. The summed E-state index contributed by atoms with van der Waals surface area (Å²) in [5.74, 6) is -0.229. The Balaban J connectivity index is 1.85. The van der Waals surface area contributed by atoms with Crippen LogP contribution < -0.4 is 10.9 Å². The fourth-order valence-electron chi connectivity index (χ4n) is 2.42. The van der Waals surface area contributed by atoms with E-state index < -0.39 is 16.4 Å². The summed E-state index contributed by atoms with van der Waals surface area (Å²) in [7, 11) is 0. The van der Waals surface area contributed by atoms with Crippen LogP contribution in [-0.2, 0) is 6.54 Å². The number of aromatic nitrogens is 2. The molecule has 8 nitrogen and oxygen atoms in total. The molecule has 8 heteroatoms. The normalized spacial score (nSPS) is 10.3. The molecule has 0 radical (unpaired) electrons. The molecule has 2 heterocycles. The molecule has 0 aliphatic rings. The number of hydrogen-bond donors (Lipinski definition) is 1. The third-order valence-electron chi connectivity index (χ3n) is 3.65. The largest absolute Gasteiger partial charge is 0.310 e. The first-order chi connectivity index (χ1) is 12.5. The Morgan fingerprint density at radius 3 is 2.73 bits per heavy atom. The van der Waals surface area contributed by atoms with E-state index in [1.165, 1.54) is 35.2 Å². The fraction of sp³-hybridized carbons (Fsp3) is 0.0556. The number of nitrogens with one attached hydrogen (secondary N) is 1. The summed E-state index contributed by atoms with van der Waals surface area (Å²) < 4.78 is 1.33. The Morgan fingerprint density at radius 2 is 2.00 bits per heavy atom. The maximum absolute atomic E-state index is 12.6. The van der Waals surface area contributed by atoms with Gasteiger partial charge in [-0.05, 0) is 29.8 Å². The van der Waals surface area contributed by atoms with Gasteiger partial charge in [-0.1, -0.05) is 18.2 Å². The van der Waals surface area contributed by atoms with E-state index in [1.807, 2.05) is 0 Å². The molecule has 3 aromatic rings. The summed E-state index contributed by atoms with van der Waals surface area (Å²) in [6.07, 6.45) is 3.06. The van der Waals surface area contributed by atoms with Gasteiger partial charge < -0.3 is 9.88 Å². The monoisotopic (exact) mass is 350 g/mol. The van der Waals surface area contributed by atoms with Crippen molar-refractivity contribution in [1.29, 1.82) is 0 Å². The first kappa shape index (κ1) is 17.0. The van der Waals surface area contributed by atoms with E-state index in [2.05, 4.69) is 10.3 Å². The molecule has 0 aliphatic heterocycles. The van der Waals surface area contributed by atoms with E-state index in [1.54, 1.807) is 36.4 Å². The fourth-order valence-corrected chi connectivity index (χ4v) is 2.42. The van der Waals surface area contributed by atoms with Crippen molar-refractivity contribution in [3.8, 4) is 0 Å². The van der Waals surface area contributed by atoms with E-state index in [-0.39, 0.29) is 17.8 Å². The van der Waals surface area contributed by atoms with Crippen molar-refractivity contribution < 1.29 is 9.72 Å². The minimum atomic E-state index is -0.568. The summed E-state index contributed by atoms with van der Waals surface area (Å²) in [4.78, 5) is 39.3. The second-order valence-electron chi connectivity index (χ2n) is 5.45. The van der Waals surface area contributed by atoms with Crippen LogP contribution in [0, 0.1) is 10.1 Å². The zero-order chi connectivity index (χ0) is 18.5. The van der Waals surface area contributed by atoms with Crippen molar-refractivity contribution >= 4 is 17.4 Å². The van der Waals surface area contributed by atoms with Gasteiger partial charge in [0.25, 0.3) is 17.2 Å². The molecule has 0 saturated heterocycles. The van der Waals surface area contributed by atoms with E-state index >= 15 is 0 Å². The van der Waals surface area contributed by atoms with E-state index in [0.717, 1.165) is 0 Å². The van der Waals surface area contributed by atoms with Crippen molar-refractivity contribution in [2.45, 2.75) is 6.54 Å². The number of nitro benzene ring substituents is 1. The van der Waals surface area contributed by atoms with Crippen LogP contribution in [0.5, 0.6) is 0 Å². The number of rotatable bonds is 5. The van der Waals surface area contributed by atoms with Gasteiger partial charge in [0.05, 0.1) is 11.5 Å². The molecule has 0 unspecified atom stereocenters. The van der Waals surface area contributed by atoms with Crippen LogP contribution in [0.25, 0.3) is 0 Å². The lowest BCUT2D eigenvalue weighted by atomic mass is 10.2. The van der Waals surface area contributed by atoms with E-state index in [0.29, 0.717) is 11.4 Å². The lowest BCUT2D eigenvalue weighted by Gasteiger charge is -2.08. The molecule has 1 N–H and O–H groups in total. The van der Waals surface area contributed by atoms with Crippen molar-refractivity contribution in [2.24, 2.45) is 0 Å². The number of pyridine rings is 2. The smallest absolute Gasteiger partial charge is 0.269 e. The quantitative estimate of drug-likeness (QED) is 0.562. The van der Waals surface area contributed by atoms with Gasteiger partial charge in [-0.3, -0.25) is 19.7 Å². The number of carbonyl (C=O) groups is 1. The summed E-state index contributed by atoms with van der Waals surface area (Å²) >= 11 is 0. The van der Waals surface area contributed by atoms with Crippen LogP contribution in [0.2, 0.25) is 0 Å². The molecule has 130 valence electrons. The zero-order valence-corrected chi connectivity index (χ0v) is 13.5. The number of nitro groups is 1. The number of anilines is 1. The highest BCUT2D eigenvalue weighted by molar-refractivity contribution is 6.03. The number of benzene rings is 1. The molecule has 2 aromatic heterocycles. The minimum absolute atomic E-state index is 0.0383. The van der Waals surface area contributed by atoms with Crippen LogP contribution in [0.1, 0.15) is 15.9 Å². The molecule has 0 fully saturated rings. The topological polar surface area (TPSA) is 107 Å². The van der Waals surface area contributed by atoms with Gasteiger partial charge in [0.15, 0.2) is 0 Å². The average molecular weight is 350 g/mol. The van der Waals surface area contributed by atoms with Gasteiger partial charge in [0.2, 0.25) is 0 Å². The van der Waals surface area contributed by atoms with Gasteiger partial charge in [-0.25, -0.2) is 4.98 Å². The Kier molecular flexibility index (Phi) is 4.84. The number of hydrogen-bond acceptors (Lipinski definition) is 5. The number of nitrogens with zero attached hydrogens (tertiary/aromatic N) is 3. The molecule has 1 amide bonds. The Morgan fingerprint density at radius 1 is 1.15 bits per heavy atom. The van der Waals surface area contributed by atoms with Crippen LogP contribution in [-0.4, -0.2) is 20.4 Å². The van der Waals surface area contributed by atoms with Gasteiger partial charge in [-0.2, -0.15) is 0 Å². The second-order valence-corrected chi connectivity index (χ2v) is 5.45. The average Bonchev–Trinajstić information content (AvgIpc) is 2.64. The third-order valence-corrected chi connectivity index (χ3v) is 3.65. The molecule has 3 rings (SSSR count). The van der Waals surface area contributed by atoms with Crippen molar-refractivity contribution in [2.75, 3.05) is 5.32 Å². The van der Waals surface area contributed by atoms with Crippen LogP contribution in [0.4, 0.5) is 11.5 Å². The van der Waals surface area contributed by atoms with Crippen LogP contribution in [0.3, 0.4) is 0 Å². The van der Waals surface area contributed by atoms with E-state index in [4.69, 9.17) is 0 Å². The highest BCUT2D eigenvalue weighted by atomic mass is 16.6. The van der Waals surface area contributed by atoms with Gasteiger partial charge >= 0.3 is 0 Å². The molecule has 0 spiro atoms. The Hall–Kier alpha value is -3.81. The van der Waals surface area contributed by atoms with Crippen LogP contribution >= 0.6 is 0 Å². The maximum Gasteiger partial charge on any atom is 0.269 e. The Bertz CT molecular complexity index is 1010. The SMILES string of the molecule is O=C(Nc1ccccn1)c1cccn(Cc2cccc([N+](=O)[O-])c2)c1=O. The summed E-state index contributed by atoms with van der Waals surface area (Å²) in [6.45, 7) is 0.116.